The zero-order chi connectivity index (χ0) is 13.2. The van der Waals surface area contributed by atoms with Crippen molar-refractivity contribution in [3.05, 3.63) is 29.8 Å². The molecule has 3 unspecified atom stereocenters. The molecule has 102 valence electrons. The van der Waals surface area contributed by atoms with Crippen LogP contribution in [0.2, 0.25) is 0 Å². The average Bonchev–Trinajstić information content (AvgIpc) is 2.83. The summed E-state index contributed by atoms with van der Waals surface area (Å²) in [7, 11) is 0. The second-order valence-corrected chi connectivity index (χ2v) is 5.18. The number of amides is 1. The van der Waals surface area contributed by atoms with Crippen LogP contribution in [0.15, 0.2) is 24.3 Å². The Hall–Kier alpha value is -1.59. The first-order chi connectivity index (χ1) is 9.24. The topological polar surface area (TPSA) is 62.4 Å². The minimum Gasteiger partial charge on any atom is -0.491 e. The molecule has 0 radical (unpaired) electrons. The maximum atomic E-state index is 12.2. The van der Waals surface area contributed by atoms with E-state index in [1.165, 1.54) is 0 Å². The number of carbonyl (C=O) groups is 1. The molecule has 1 amide bonds. The van der Waals surface area contributed by atoms with Gasteiger partial charge in [0.1, 0.15) is 12.4 Å². The fourth-order valence-corrected chi connectivity index (χ4v) is 2.52. The minimum absolute atomic E-state index is 0.0321. The van der Waals surface area contributed by atoms with Gasteiger partial charge in [0, 0.05) is 24.7 Å². The predicted molar refractivity (Wildman–Crippen MR) is 72.1 cm³/mol. The third-order valence-corrected chi connectivity index (χ3v) is 3.67. The Morgan fingerprint density at radius 2 is 2.16 bits per heavy atom. The smallest absolute Gasteiger partial charge is 0.239 e. The van der Waals surface area contributed by atoms with Gasteiger partial charge in [-0.1, -0.05) is 18.2 Å². The number of benzene rings is 1. The molecule has 1 fully saturated rings. The van der Waals surface area contributed by atoms with Gasteiger partial charge in [0.2, 0.25) is 5.91 Å². The summed E-state index contributed by atoms with van der Waals surface area (Å²) in [6.07, 6.45) is 0. The van der Waals surface area contributed by atoms with Crippen molar-refractivity contribution in [2.24, 2.45) is 0 Å². The maximum absolute atomic E-state index is 12.2. The van der Waals surface area contributed by atoms with E-state index in [0.717, 1.165) is 17.9 Å². The average molecular weight is 261 g/mol. The lowest BCUT2D eigenvalue weighted by molar-refractivity contribution is -0.124. The molecular weight excluding hydrogens is 242 g/mol. The van der Waals surface area contributed by atoms with Crippen LogP contribution in [0.3, 0.4) is 0 Å². The van der Waals surface area contributed by atoms with Crippen molar-refractivity contribution in [3.63, 3.8) is 0 Å². The quantitative estimate of drug-likeness (QED) is 0.711. The molecule has 5 heteroatoms. The van der Waals surface area contributed by atoms with Gasteiger partial charge in [-0.05, 0) is 13.0 Å². The van der Waals surface area contributed by atoms with E-state index in [0.29, 0.717) is 19.2 Å². The van der Waals surface area contributed by atoms with Crippen LogP contribution < -0.4 is 20.7 Å². The molecule has 0 bridgehead atoms. The molecule has 2 aliphatic rings. The normalized spacial score (nSPS) is 29.4. The predicted octanol–water partition coefficient (Wildman–Crippen LogP) is 0.186. The van der Waals surface area contributed by atoms with Crippen molar-refractivity contribution in [3.8, 4) is 5.75 Å². The highest BCUT2D eigenvalue weighted by Crippen LogP contribution is 2.31. The van der Waals surface area contributed by atoms with Gasteiger partial charge in [-0.3, -0.25) is 4.79 Å². The molecule has 2 heterocycles. The Kier molecular flexibility index (Phi) is 3.40. The maximum Gasteiger partial charge on any atom is 0.239 e. The Morgan fingerprint density at radius 1 is 1.32 bits per heavy atom. The van der Waals surface area contributed by atoms with Crippen LogP contribution in [0.25, 0.3) is 0 Å². The molecule has 0 saturated carbocycles. The molecule has 1 aromatic carbocycles. The summed E-state index contributed by atoms with van der Waals surface area (Å²) in [6.45, 7) is 4.10. The Bertz CT molecular complexity index is 470. The highest BCUT2D eigenvalue weighted by Gasteiger charge is 2.29. The zero-order valence-corrected chi connectivity index (χ0v) is 11.0. The summed E-state index contributed by atoms with van der Waals surface area (Å²) in [5.74, 6) is 0.904. The van der Waals surface area contributed by atoms with Crippen molar-refractivity contribution in [2.75, 3.05) is 19.7 Å². The van der Waals surface area contributed by atoms with Crippen LogP contribution in [-0.4, -0.2) is 37.7 Å². The van der Waals surface area contributed by atoms with Gasteiger partial charge in [0.05, 0.1) is 12.1 Å². The molecule has 3 N–H and O–H groups in total. The number of rotatable bonds is 2. The lowest BCUT2D eigenvalue weighted by Crippen LogP contribution is -2.59. The number of para-hydroxylation sites is 1. The van der Waals surface area contributed by atoms with Gasteiger partial charge in [0.25, 0.3) is 0 Å². The highest BCUT2D eigenvalue weighted by molar-refractivity contribution is 5.82. The minimum atomic E-state index is -0.163. The lowest BCUT2D eigenvalue weighted by Gasteiger charge is -2.29. The number of nitrogens with one attached hydrogen (secondary N) is 3. The number of piperazine rings is 1. The molecule has 3 atom stereocenters. The number of fused-ring (bicyclic) bond motifs is 1. The van der Waals surface area contributed by atoms with Crippen molar-refractivity contribution in [2.45, 2.75) is 25.0 Å². The van der Waals surface area contributed by atoms with Gasteiger partial charge in [-0.15, -0.1) is 0 Å². The van der Waals surface area contributed by atoms with Gasteiger partial charge in [-0.25, -0.2) is 0 Å². The molecule has 0 aromatic heterocycles. The molecule has 0 aliphatic carbocycles. The number of ether oxygens (including phenoxy) is 1. The van der Waals surface area contributed by atoms with Gasteiger partial charge < -0.3 is 20.7 Å². The molecule has 5 nitrogen and oxygen atoms in total. The first-order valence-electron chi connectivity index (χ1n) is 6.73. The summed E-state index contributed by atoms with van der Waals surface area (Å²) in [6, 6.07) is 8.06. The molecule has 3 rings (SSSR count). The third-order valence-electron chi connectivity index (χ3n) is 3.67. The second-order valence-electron chi connectivity index (χ2n) is 5.18. The molecular formula is C14H19N3O2. The van der Waals surface area contributed by atoms with E-state index in [-0.39, 0.29) is 18.0 Å². The van der Waals surface area contributed by atoms with E-state index in [4.69, 9.17) is 4.74 Å². The molecule has 0 spiro atoms. The van der Waals surface area contributed by atoms with E-state index in [2.05, 4.69) is 22.9 Å². The Morgan fingerprint density at radius 3 is 2.95 bits per heavy atom. The third kappa shape index (κ3) is 2.57. The van der Waals surface area contributed by atoms with E-state index < -0.39 is 0 Å². The highest BCUT2D eigenvalue weighted by atomic mass is 16.5. The number of carbonyl (C=O) groups excluding carboxylic acids is 1. The lowest BCUT2D eigenvalue weighted by atomic mass is 10.1. The molecule has 2 aliphatic heterocycles. The van der Waals surface area contributed by atoms with Crippen molar-refractivity contribution in [1.29, 1.82) is 0 Å². The Labute approximate surface area is 112 Å². The van der Waals surface area contributed by atoms with Gasteiger partial charge >= 0.3 is 0 Å². The number of hydrogen-bond acceptors (Lipinski definition) is 4. The fraction of sp³-hybridized carbons (Fsp3) is 0.500. The van der Waals surface area contributed by atoms with Crippen molar-refractivity contribution < 1.29 is 9.53 Å². The summed E-state index contributed by atoms with van der Waals surface area (Å²) in [5, 5.41) is 9.61. The van der Waals surface area contributed by atoms with Crippen LogP contribution in [0.4, 0.5) is 0 Å². The van der Waals surface area contributed by atoms with Crippen molar-refractivity contribution >= 4 is 5.91 Å². The standard InChI is InChI=1S/C14H19N3O2/c1-9-6-16-11(7-15-9)14(18)17-12-8-19-13-5-3-2-4-10(12)13/h2-5,9,11-12,15-16H,6-8H2,1H3,(H,17,18). The first kappa shape index (κ1) is 12.4. The van der Waals surface area contributed by atoms with E-state index in [1.807, 2.05) is 24.3 Å². The number of hydrogen-bond donors (Lipinski definition) is 3. The van der Waals surface area contributed by atoms with Gasteiger partial charge in [0.15, 0.2) is 0 Å². The van der Waals surface area contributed by atoms with Gasteiger partial charge in [-0.2, -0.15) is 0 Å². The summed E-state index contributed by atoms with van der Waals surface area (Å²) in [4.78, 5) is 12.2. The second kappa shape index (κ2) is 5.19. The van der Waals surface area contributed by atoms with Crippen LogP contribution in [0, 0.1) is 0 Å². The fourth-order valence-electron chi connectivity index (χ4n) is 2.52. The first-order valence-corrected chi connectivity index (χ1v) is 6.73. The molecule has 19 heavy (non-hydrogen) atoms. The molecule has 1 saturated heterocycles. The SMILES string of the molecule is CC1CNC(C(=O)NC2COc3ccccc32)CN1. The van der Waals surface area contributed by atoms with E-state index in [9.17, 15) is 4.79 Å². The summed E-state index contributed by atoms with van der Waals surface area (Å²) < 4.78 is 5.57. The van der Waals surface area contributed by atoms with Crippen LogP contribution >= 0.6 is 0 Å². The molecule has 1 aromatic rings. The van der Waals surface area contributed by atoms with E-state index >= 15 is 0 Å². The van der Waals surface area contributed by atoms with Crippen LogP contribution in [0.5, 0.6) is 5.75 Å². The monoisotopic (exact) mass is 261 g/mol. The largest absolute Gasteiger partial charge is 0.491 e. The zero-order valence-electron chi connectivity index (χ0n) is 11.0. The van der Waals surface area contributed by atoms with Crippen LogP contribution in [-0.2, 0) is 4.79 Å². The van der Waals surface area contributed by atoms with Crippen LogP contribution in [0.1, 0.15) is 18.5 Å². The summed E-state index contributed by atoms with van der Waals surface area (Å²) in [5.41, 5.74) is 1.06. The van der Waals surface area contributed by atoms with Crippen molar-refractivity contribution in [1.82, 2.24) is 16.0 Å². The summed E-state index contributed by atoms with van der Waals surface area (Å²) >= 11 is 0. The van der Waals surface area contributed by atoms with E-state index in [1.54, 1.807) is 0 Å². The Balaban J connectivity index is 1.62.